The smallest absolute Gasteiger partial charge is 0.268 e. The average molecular weight is 459 g/mol. The van der Waals surface area contributed by atoms with Gasteiger partial charge in [0.15, 0.2) is 11.5 Å². The summed E-state index contributed by atoms with van der Waals surface area (Å²) in [6.07, 6.45) is 0. The summed E-state index contributed by atoms with van der Waals surface area (Å²) in [4.78, 5) is 25.1. The summed E-state index contributed by atoms with van der Waals surface area (Å²) in [7, 11) is -2.61. The molecule has 0 aromatic heterocycles. The maximum atomic E-state index is 13.0. The van der Waals surface area contributed by atoms with Crippen LogP contribution < -0.4 is 14.8 Å². The van der Waals surface area contributed by atoms with Crippen LogP contribution in [0.4, 0.5) is 0 Å². The Kier molecular flexibility index (Phi) is 6.88. The summed E-state index contributed by atoms with van der Waals surface area (Å²) < 4.78 is 37.4. The van der Waals surface area contributed by atoms with Crippen molar-refractivity contribution in [2.75, 3.05) is 20.3 Å². The van der Waals surface area contributed by atoms with Crippen LogP contribution in [0.25, 0.3) is 4.91 Å². The first-order valence-corrected chi connectivity index (χ1v) is 11.5. The van der Waals surface area contributed by atoms with Gasteiger partial charge >= 0.3 is 0 Å². The quantitative estimate of drug-likeness (QED) is 0.653. The van der Waals surface area contributed by atoms with Crippen molar-refractivity contribution in [3.05, 3.63) is 64.7 Å². The van der Waals surface area contributed by atoms with Crippen molar-refractivity contribution >= 4 is 26.7 Å². The highest BCUT2D eigenvalue weighted by Gasteiger charge is 2.43. The van der Waals surface area contributed by atoms with Crippen molar-refractivity contribution in [3.63, 3.8) is 0 Å². The third-order valence-electron chi connectivity index (χ3n) is 5.05. The van der Waals surface area contributed by atoms with E-state index in [9.17, 15) is 18.0 Å². The molecule has 0 aliphatic carbocycles. The molecule has 0 radical (unpaired) electrons. The van der Waals surface area contributed by atoms with Gasteiger partial charge in [0.25, 0.3) is 15.9 Å². The Morgan fingerprint density at radius 3 is 2.38 bits per heavy atom. The molecule has 170 valence electrons. The minimum Gasteiger partial charge on any atom is -0.493 e. The number of aryl methyl sites for hydroxylation is 1. The predicted octanol–water partition coefficient (Wildman–Crippen LogP) is 2.62. The van der Waals surface area contributed by atoms with E-state index in [-0.39, 0.29) is 17.0 Å². The summed E-state index contributed by atoms with van der Waals surface area (Å²) in [6.45, 7) is 5.24. The molecule has 0 fully saturated rings. The van der Waals surface area contributed by atoms with E-state index in [1.165, 1.54) is 14.0 Å². The highest BCUT2D eigenvalue weighted by molar-refractivity contribution is 7.99. The summed E-state index contributed by atoms with van der Waals surface area (Å²) in [5, 5.41) is 2.65. The topological polar surface area (TPSA) is 102 Å². The van der Waals surface area contributed by atoms with Gasteiger partial charge in [0.05, 0.1) is 13.7 Å². The maximum absolute atomic E-state index is 13.0. The van der Waals surface area contributed by atoms with E-state index in [1.54, 1.807) is 42.5 Å². The molecule has 2 aromatic rings. The Balaban J connectivity index is 1.70. The number of hydrogen-bond donors (Lipinski definition) is 1. The van der Waals surface area contributed by atoms with Gasteiger partial charge in [0.1, 0.15) is 11.4 Å². The van der Waals surface area contributed by atoms with E-state index in [2.05, 4.69) is 5.32 Å². The first-order valence-electron chi connectivity index (χ1n) is 10.1. The average Bonchev–Trinajstić information content (AvgIpc) is 2.93. The van der Waals surface area contributed by atoms with Crippen LogP contribution in [0.2, 0.25) is 0 Å². The van der Waals surface area contributed by atoms with Crippen LogP contribution in [0, 0.1) is 6.92 Å². The molecule has 8 nitrogen and oxygen atoms in total. The number of carbonyl (C=O) groups excluding carboxylic acids is 2. The van der Waals surface area contributed by atoms with Crippen LogP contribution in [0.1, 0.15) is 30.5 Å². The number of ether oxygens (including phenoxy) is 2. The fourth-order valence-corrected chi connectivity index (χ4v) is 5.18. The van der Waals surface area contributed by atoms with Gasteiger partial charge in [-0.15, -0.1) is 0 Å². The number of sulfonamides is 1. The lowest BCUT2D eigenvalue weighted by Crippen LogP contribution is -2.40. The van der Waals surface area contributed by atoms with E-state index in [1.807, 2.05) is 13.8 Å². The number of methoxy groups -OCH3 is 1. The SMILES string of the molecule is CCOc1ccc(CNC(=O)CN2C(=O)C(C)=C(c3ccc(C)cc3)S2(=O)=O)cc1OC. The molecular formula is C23H26N2O6S. The van der Waals surface area contributed by atoms with Crippen LogP contribution in [-0.4, -0.2) is 44.8 Å². The van der Waals surface area contributed by atoms with E-state index in [0.29, 0.717) is 28.0 Å². The van der Waals surface area contributed by atoms with Gasteiger partial charge < -0.3 is 14.8 Å². The lowest BCUT2D eigenvalue weighted by atomic mass is 10.1. The number of rotatable bonds is 8. The monoisotopic (exact) mass is 458 g/mol. The van der Waals surface area contributed by atoms with Crippen molar-refractivity contribution in [1.29, 1.82) is 0 Å². The number of carbonyl (C=O) groups is 2. The molecule has 1 heterocycles. The molecule has 1 aliphatic heterocycles. The zero-order valence-corrected chi connectivity index (χ0v) is 19.3. The van der Waals surface area contributed by atoms with E-state index < -0.39 is 28.4 Å². The lowest BCUT2D eigenvalue weighted by Gasteiger charge is -2.17. The zero-order chi connectivity index (χ0) is 23.5. The third-order valence-corrected chi connectivity index (χ3v) is 6.99. The van der Waals surface area contributed by atoms with Crippen LogP contribution in [0.15, 0.2) is 48.0 Å². The number of nitrogens with zero attached hydrogens (tertiary/aromatic N) is 1. The Morgan fingerprint density at radius 2 is 1.75 bits per heavy atom. The van der Waals surface area contributed by atoms with Gasteiger partial charge in [-0.3, -0.25) is 9.59 Å². The van der Waals surface area contributed by atoms with Crippen LogP contribution in [-0.2, 0) is 26.2 Å². The van der Waals surface area contributed by atoms with Crippen molar-refractivity contribution in [2.24, 2.45) is 0 Å². The summed E-state index contributed by atoms with van der Waals surface area (Å²) in [5.41, 5.74) is 2.23. The largest absolute Gasteiger partial charge is 0.493 e. The molecule has 0 saturated carbocycles. The molecular weight excluding hydrogens is 432 g/mol. The summed E-state index contributed by atoms with van der Waals surface area (Å²) >= 11 is 0. The molecule has 1 N–H and O–H groups in total. The second-order valence-corrected chi connectivity index (χ2v) is 9.13. The van der Waals surface area contributed by atoms with Crippen molar-refractivity contribution in [3.8, 4) is 11.5 Å². The summed E-state index contributed by atoms with van der Waals surface area (Å²) in [6, 6.07) is 12.1. The maximum Gasteiger partial charge on any atom is 0.268 e. The fraction of sp³-hybridized carbons (Fsp3) is 0.304. The lowest BCUT2D eigenvalue weighted by molar-refractivity contribution is -0.128. The summed E-state index contributed by atoms with van der Waals surface area (Å²) in [5.74, 6) is -0.173. The van der Waals surface area contributed by atoms with Gasteiger partial charge in [-0.25, -0.2) is 12.7 Å². The molecule has 2 amide bonds. The van der Waals surface area contributed by atoms with Crippen LogP contribution in [0.5, 0.6) is 11.5 Å². The van der Waals surface area contributed by atoms with Crippen LogP contribution >= 0.6 is 0 Å². The minimum atomic E-state index is -4.13. The van der Waals surface area contributed by atoms with Gasteiger partial charge in [0.2, 0.25) is 5.91 Å². The third kappa shape index (κ3) is 4.62. The number of hydrogen-bond acceptors (Lipinski definition) is 6. The van der Waals surface area contributed by atoms with E-state index >= 15 is 0 Å². The molecule has 0 atom stereocenters. The highest BCUT2D eigenvalue weighted by Crippen LogP contribution is 2.35. The van der Waals surface area contributed by atoms with E-state index in [0.717, 1.165) is 11.1 Å². The molecule has 0 unspecified atom stereocenters. The molecule has 0 saturated heterocycles. The van der Waals surface area contributed by atoms with E-state index in [4.69, 9.17) is 9.47 Å². The molecule has 32 heavy (non-hydrogen) atoms. The Morgan fingerprint density at radius 1 is 1.06 bits per heavy atom. The highest BCUT2D eigenvalue weighted by atomic mass is 32.2. The fourth-order valence-electron chi connectivity index (χ4n) is 3.41. The van der Waals surface area contributed by atoms with Crippen molar-refractivity contribution < 1.29 is 27.5 Å². The minimum absolute atomic E-state index is 0.0634. The number of nitrogens with one attached hydrogen (secondary N) is 1. The first-order chi connectivity index (χ1) is 15.2. The van der Waals surface area contributed by atoms with Gasteiger partial charge in [0, 0.05) is 12.1 Å². The van der Waals surface area contributed by atoms with Gasteiger partial charge in [-0.05, 0) is 44.0 Å². The van der Waals surface area contributed by atoms with Crippen molar-refractivity contribution in [2.45, 2.75) is 27.3 Å². The first kappa shape index (κ1) is 23.3. The van der Waals surface area contributed by atoms with Gasteiger partial charge in [-0.1, -0.05) is 35.9 Å². The number of amides is 2. The van der Waals surface area contributed by atoms with Crippen LogP contribution in [0.3, 0.4) is 0 Å². The predicted molar refractivity (Wildman–Crippen MR) is 120 cm³/mol. The Bertz CT molecular complexity index is 1170. The van der Waals surface area contributed by atoms with Gasteiger partial charge in [-0.2, -0.15) is 0 Å². The zero-order valence-electron chi connectivity index (χ0n) is 18.5. The Labute approximate surface area is 187 Å². The molecule has 3 rings (SSSR count). The molecule has 9 heteroatoms. The molecule has 0 bridgehead atoms. The molecule has 2 aromatic carbocycles. The second-order valence-electron chi connectivity index (χ2n) is 7.33. The standard InChI is InChI=1S/C23H26N2O6S/c1-5-31-19-11-8-17(12-20(19)30-4)13-24-21(26)14-25-23(27)16(3)22(32(25,28)29)18-9-6-15(2)7-10-18/h6-12H,5,13-14H2,1-4H3,(H,24,26). The van der Waals surface area contributed by atoms with Crippen molar-refractivity contribution in [1.82, 2.24) is 9.62 Å². The molecule has 0 spiro atoms. The Hall–Kier alpha value is -3.33. The normalized spacial score (nSPS) is 15.1. The molecule has 1 aliphatic rings. The number of benzene rings is 2. The second kappa shape index (κ2) is 9.44.